The lowest BCUT2D eigenvalue weighted by atomic mass is 9.95. The Labute approximate surface area is 123 Å². The zero-order valence-electron chi connectivity index (χ0n) is 12.5. The lowest BCUT2D eigenvalue weighted by molar-refractivity contribution is -0.142. The minimum atomic E-state index is -0.845. The van der Waals surface area contributed by atoms with Gasteiger partial charge in [0.1, 0.15) is 0 Å². The highest BCUT2D eigenvalue weighted by Crippen LogP contribution is 2.24. The van der Waals surface area contributed by atoms with Crippen LogP contribution in [-0.2, 0) is 4.79 Å². The molecule has 1 heterocycles. The molecule has 0 aliphatic heterocycles. The Morgan fingerprint density at radius 1 is 1.33 bits per heavy atom. The van der Waals surface area contributed by atoms with Gasteiger partial charge in [0.15, 0.2) is 0 Å². The van der Waals surface area contributed by atoms with Gasteiger partial charge in [-0.3, -0.25) is 9.59 Å². The van der Waals surface area contributed by atoms with Crippen molar-refractivity contribution in [2.24, 2.45) is 5.92 Å². The Morgan fingerprint density at radius 2 is 2.05 bits per heavy atom. The van der Waals surface area contributed by atoms with Crippen LogP contribution in [0, 0.1) is 5.92 Å². The van der Waals surface area contributed by atoms with Crippen LogP contribution < -0.4 is 5.32 Å². The summed E-state index contributed by atoms with van der Waals surface area (Å²) >= 11 is 0. The van der Waals surface area contributed by atoms with Gasteiger partial charge in [-0.15, -0.1) is 0 Å². The Hall–Kier alpha value is -1.85. The number of nitrogens with one attached hydrogen (secondary N) is 1. The quantitative estimate of drug-likeness (QED) is 0.832. The fourth-order valence-electron chi connectivity index (χ4n) is 2.68. The molecule has 0 saturated heterocycles. The van der Waals surface area contributed by atoms with Crippen LogP contribution in [0.5, 0.6) is 0 Å². The number of hydrogen-bond acceptors (Lipinski definition) is 4. The third-order valence-corrected chi connectivity index (χ3v) is 3.99. The average molecular weight is 294 g/mol. The number of carbonyl (C=O) groups excluding carboxylic acids is 1. The number of carbonyl (C=O) groups is 2. The number of carboxylic acid groups (broad SMARTS) is 1. The fraction of sp³-hybridized carbons (Fsp3) is 0.667. The molecule has 6 heteroatoms. The van der Waals surface area contributed by atoms with E-state index in [2.05, 4.69) is 10.5 Å². The van der Waals surface area contributed by atoms with Crippen molar-refractivity contribution in [2.75, 3.05) is 0 Å². The van der Waals surface area contributed by atoms with Crippen molar-refractivity contribution in [1.82, 2.24) is 10.5 Å². The van der Waals surface area contributed by atoms with Gasteiger partial charge in [-0.05, 0) is 18.8 Å². The van der Waals surface area contributed by atoms with E-state index in [1.54, 1.807) is 6.07 Å². The van der Waals surface area contributed by atoms with E-state index < -0.39 is 11.9 Å². The molecule has 1 aromatic rings. The number of nitrogens with zero attached hydrogens (tertiary/aromatic N) is 1. The molecule has 0 bridgehead atoms. The summed E-state index contributed by atoms with van der Waals surface area (Å²) in [6.45, 7) is 3.93. The first-order valence-corrected chi connectivity index (χ1v) is 7.49. The lowest BCUT2D eigenvalue weighted by Crippen LogP contribution is -2.42. The molecule has 1 aliphatic rings. The Balaban J connectivity index is 2.06. The maximum absolute atomic E-state index is 12.2. The lowest BCUT2D eigenvalue weighted by Gasteiger charge is -2.22. The number of hydrogen-bond donors (Lipinski definition) is 2. The van der Waals surface area contributed by atoms with Crippen molar-refractivity contribution in [2.45, 2.75) is 57.9 Å². The van der Waals surface area contributed by atoms with E-state index >= 15 is 0 Å². The van der Waals surface area contributed by atoms with Crippen LogP contribution >= 0.6 is 0 Å². The van der Waals surface area contributed by atoms with Crippen molar-refractivity contribution >= 4 is 11.9 Å². The van der Waals surface area contributed by atoms with Crippen molar-refractivity contribution < 1.29 is 19.2 Å². The van der Waals surface area contributed by atoms with Crippen LogP contribution in [0.25, 0.3) is 0 Å². The SMILES string of the molecule is CC(C)c1cc(C(=O)N[C@H]2CCCCC[C@H]2C(=O)O)on1. The minimum absolute atomic E-state index is 0.145. The van der Waals surface area contributed by atoms with E-state index in [4.69, 9.17) is 4.52 Å². The molecule has 116 valence electrons. The summed E-state index contributed by atoms with van der Waals surface area (Å²) in [5.41, 5.74) is 0.718. The van der Waals surface area contributed by atoms with Crippen LogP contribution in [0.4, 0.5) is 0 Å². The van der Waals surface area contributed by atoms with E-state index in [0.29, 0.717) is 12.8 Å². The molecule has 0 unspecified atom stereocenters. The highest BCUT2D eigenvalue weighted by atomic mass is 16.5. The number of amides is 1. The van der Waals surface area contributed by atoms with Crippen LogP contribution in [0.3, 0.4) is 0 Å². The molecule has 0 radical (unpaired) electrons. The Bertz CT molecular complexity index is 510. The van der Waals surface area contributed by atoms with Crippen LogP contribution in [0.15, 0.2) is 10.6 Å². The van der Waals surface area contributed by atoms with E-state index in [1.807, 2.05) is 13.8 Å². The minimum Gasteiger partial charge on any atom is -0.481 e. The zero-order chi connectivity index (χ0) is 15.4. The van der Waals surface area contributed by atoms with Gasteiger partial charge in [-0.1, -0.05) is 38.3 Å². The normalized spacial score (nSPS) is 22.8. The van der Waals surface area contributed by atoms with Crippen LogP contribution in [0.2, 0.25) is 0 Å². The van der Waals surface area contributed by atoms with Gasteiger partial charge < -0.3 is 14.9 Å². The third-order valence-electron chi connectivity index (χ3n) is 3.99. The smallest absolute Gasteiger partial charge is 0.308 e. The molecule has 2 N–H and O–H groups in total. The van der Waals surface area contributed by atoms with E-state index in [9.17, 15) is 14.7 Å². The largest absolute Gasteiger partial charge is 0.481 e. The number of rotatable bonds is 4. The second kappa shape index (κ2) is 6.74. The molecule has 2 atom stereocenters. The van der Waals surface area contributed by atoms with E-state index in [1.165, 1.54) is 0 Å². The monoisotopic (exact) mass is 294 g/mol. The molecule has 6 nitrogen and oxygen atoms in total. The van der Waals surface area contributed by atoms with Crippen molar-refractivity contribution in [3.63, 3.8) is 0 Å². The Morgan fingerprint density at radius 3 is 2.67 bits per heavy atom. The second-order valence-corrected chi connectivity index (χ2v) is 5.93. The summed E-state index contributed by atoms with van der Waals surface area (Å²) in [6.07, 6.45) is 4.13. The first-order chi connectivity index (χ1) is 9.99. The molecule has 1 fully saturated rings. The van der Waals surface area contributed by atoms with Gasteiger partial charge in [0.2, 0.25) is 5.76 Å². The van der Waals surface area contributed by atoms with Gasteiger partial charge >= 0.3 is 5.97 Å². The van der Waals surface area contributed by atoms with Gasteiger partial charge in [-0.25, -0.2) is 0 Å². The molecule has 1 aromatic heterocycles. The molecule has 0 spiro atoms. The van der Waals surface area contributed by atoms with E-state index in [-0.39, 0.29) is 23.6 Å². The predicted octanol–water partition coefficient (Wildman–Crippen LogP) is 2.56. The molecule has 0 aromatic carbocycles. The molecule has 1 amide bonds. The zero-order valence-corrected chi connectivity index (χ0v) is 12.5. The van der Waals surface area contributed by atoms with Crippen LogP contribution in [-0.4, -0.2) is 28.2 Å². The van der Waals surface area contributed by atoms with Gasteiger partial charge in [0.25, 0.3) is 5.91 Å². The van der Waals surface area contributed by atoms with Crippen LogP contribution in [0.1, 0.15) is 68.1 Å². The summed E-state index contributed by atoms with van der Waals surface area (Å²) in [6, 6.07) is 1.28. The number of carboxylic acids is 1. The Kier molecular flexibility index (Phi) is 4.98. The molecule has 1 aliphatic carbocycles. The molecule has 2 rings (SSSR count). The maximum atomic E-state index is 12.2. The standard InChI is InChI=1S/C15H22N2O4/c1-9(2)12-8-13(21-17-12)14(18)16-11-7-5-3-4-6-10(11)15(19)20/h8-11H,3-7H2,1-2H3,(H,16,18)(H,19,20)/t10-,11+/m1/s1. The molecule has 21 heavy (non-hydrogen) atoms. The second-order valence-electron chi connectivity index (χ2n) is 5.93. The number of aliphatic carboxylic acids is 1. The van der Waals surface area contributed by atoms with Crippen molar-refractivity contribution in [3.8, 4) is 0 Å². The topological polar surface area (TPSA) is 92.4 Å². The predicted molar refractivity (Wildman–Crippen MR) is 76.1 cm³/mol. The summed E-state index contributed by atoms with van der Waals surface area (Å²) in [7, 11) is 0. The average Bonchev–Trinajstić information content (AvgIpc) is 2.81. The fourth-order valence-corrected chi connectivity index (χ4v) is 2.68. The van der Waals surface area contributed by atoms with Gasteiger partial charge in [0, 0.05) is 12.1 Å². The van der Waals surface area contributed by atoms with Crippen molar-refractivity contribution in [3.05, 3.63) is 17.5 Å². The first kappa shape index (κ1) is 15.5. The molecule has 1 saturated carbocycles. The third kappa shape index (κ3) is 3.83. The van der Waals surface area contributed by atoms with Crippen molar-refractivity contribution in [1.29, 1.82) is 0 Å². The highest BCUT2D eigenvalue weighted by Gasteiger charge is 2.31. The summed E-state index contributed by atoms with van der Waals surface area (Å²) in [5.74, 6) is -1.42. The van der Waals surface area contributed by atoms with E-state index in [0.717, 1.165) is 25.0 Å². The first-order valence-electron chi connectivity index (χ1n) is 7.49. The highest BCUT2D eigenvalue weighted by molar-refractivity contribution is 5.92. The molecular weight excluding hydrogens is 272 g/mol. The molecular formula is C15H22N2O4. The van der Waals surface area contributed by atoms with Gasteiger partial charge in [-0.2, -0.15) is 0 Å². The summed E-state index contributed by atoms with van der Waals surface area (Å²) in [5, 5.41) is 16.0. The summed E-state index contributed by atoms with van der Waals surface area (Å²) in [4.78, 5) is 23.5. The maximum Gasteiger partial charge on any atom is 0.308 e. The van der Waals surface area contributed by atoms with Gasteiger partial charge in [0.05, 0.1) is 11.6 Å². The summed E-state index contributed by atoms with van der Waals surface area (Å²) < 4.78 is 5.05. The number of aromatic nitrogens is 1.